The van der Waals surface area contributed by atoms with E-state index in [0.717, 1.165) is 5.56 Å². The smallest absolute Gasteiger partial charge is 0.439 e. The standard InChI is InChI=1S/C29H30N4O8/c1-16(2)40-24-12-18(14-34)11-20(26(24)39-15-25(35)36)13-30-23-9-4-17(3)10-22(23)28(37)31-21-7-5-19(6-8-21)27-32-29(38)41-33-27/h4-12,16,30,34H,13-15H2,1-3H3,(H,31,37)(H,35,36)(H,32,33,38). The predicted octanol–water partition coefficient (Wildman–Crippen LogP) is 3.95. The maximum atomic E-state index is 13.3. The summed E-state index contributed by atoms with van der Waals surface area (Å²) in [6.07, 6.45) is -0.225. The Bertz CT molecular complexity index is 1590. The van der Waals surface area contributed by atoms with Crippen LogP contribution in [-0.2, 0) is 17.9 Å². The fourth-order valence-corrected chi connectivity index (χ4v) is 4.04. The number of aryl methyl sites for hydroxylation is 1. The number of hydrogen-bond acceptors (Lipinski definition) is 9. The molecule has 0 bridgehead atoms. The molecular weight excluding hydrogens is 532 g/mol. The van der Waals surface area contributed by atoms with Gasteiger partial charge in [-0.05, 0) is 74.9 Å². The highest BCUT2D eigenvalue weighted by atomic mass is 16.5. The third-order valence-corrected chi connectivity index (χ3v) is 5.82. The van der Waals surface area contributed by atoms with Crippen molar-refractivity contribution in [1.82, 2.24) is 10.1 Å². The van der Waals surface area contributed by atoms with Gasteiger partial charge in [0.05, 0.1) is 18.3 Å². The lowest BCUT2D eigenvalue weighted by Crippen LogP contribution is -2.17. The number of carbonyl (C=O) groups excluding carboxylic acids is 1. The summed E-state index contributed by atoms with van der Waals surface area (Å²) in [6.45, 7) is 4.82. The minimum atomic E-state index is -1.15. The summed E-state index contributed by atoms with van der Waals surface area (Å²) in [4.78, 5) is 38.2. The molecule has 0 radical (unpaired) electrons. The second-order valence-electron chi connectivity index (χ2n) is 9.47. The first kappa shape index (κ1) is 28.9. The van der Waals surface area contributed by atoms with Crippen molar-refractivity contribution in [1.29, 1.82) is 0 Å². The molecule has 0 fully saturated rings. The van der Waals surface area contributed by atoms with Crippen molar-refractivity contribution in [3.05, 3.63) is 87.4 Å². The molecule has 0 saturated heterocycles. The molecule has 4 rings (SSSR count). The lowest BCUT2D eigenvalue weighted by atomic mass is 10.1. The number of nitrogens with zero attached hydrogens (tertiary/aromatic N) is 1. The number of anilines is 2. The van der Waals surface area contributed by atoms with Gasteiger partial charge in [0.2, 0.25) is 0 Å². The molecule has 12 heteroatoms. The maximum Gasteiger partial charge on any atom is 0.439 e. The lowest BCUT2D eigenvalue weighted by molar-refractivity contribution is -0.139. The molecule has 0 aliphatic carbocycles. The number of benzene rings is 3. The zero-order chi connectivity index (χ0) is 29.5. The zero-order valence-electron chi connectivity index (χ0n) is 22.7. The first-order valence-corrected chi connectivity index (χ1v) is 12.7. The molecule has 0 spiro atoms. The van der Waals surface area contributed by atoms with Gasteiger partial charge in [0, 0.05) is 29.0 Å². The molecule has 214 valence electrons. The number of aromatic amines is 1. The van der Waals surface area contributed by atoms with Crippen molar-refractivity contribution in [2.45, 2.75) is 40.0 Å². The third-order valence-electron chi connectivity index (χ3n) is 5.82. The molecule has 5 N–H and O–H groups in total. The minimum Gasteiger partial charge on any atom is -0.487 e. The molecule has 1 aromatic heterocycles. The first-order valence-electron chi connectivity index (χ1n) is 12.7. The number of carbonyl (C=O) groups is 2. The van der Waals surface area contributed by atoms with Gasteiger partial charge >= 0.3 is 11.7 Å². The molecule has 3 aromatic carbocycles. The first-order chi connectivity index (χ1) is 19.6. The Morgan fingerprint density at radius 3 is 2.49 bits per heavy atom. The van der Waals surface area contributed by atoms with E-state index in [1.807, 2.05) is 26.8 Å². The molecule has 0 saturated carbocycles. The maximum absolute atomic E-state index is 13.3. The molecule has 0 aliphatic rings. The Morgan fingerprint density at radius 2 is 1.85 bits per heavy atom. The average Bonchev–Trinajstić information content (AvgIpc) is 3.37. The monoisotopic (exact) mass is 562 g/mol. The van der Waals surface area contributed by atoms with Gasteiger partial charge in [-0.25, -0.2) is 9.59 Å². The van der Waals surface area contributed by atoms with E-state index in [1.54, 1.807) is 48.5 Å². The average molecular weight is 563 g/mol. The van der Waals surface area contributed by atoms with Crippen molar-refractivity contribution in [2.24, 2.45) is 0 Å². The number of nitrogens with one attached hydrogen (secondary N) is 3. The van der Waals surface area contributed by atoms with Gasteiger partial charge in [0.25, 0.3) is 5.91 Å². The number of aliphatic carboxylic acids is 1. The van der Waals surface area contributed by atoms with Crippen molar-refractivity contribution in [3.8, 4) is 22.9 Å². The van der Waals surface area contributed by atoms with E-state index >= 15 is 0 Å². The van der Waals surface area contributed by atoms with Crippen LogP contribution in [0.4, 0.5) is 11.4 Å². The topological polar surface area (TPSA) is 176 Å². The van der Waals surface area contributed by atoms with Gasteiger partial charge < -0.3 is 30.3 Å². The summed E-state index contributed by atoms with van der Waals surface area (Å²) < 4.78 is 16.0. The van der Waals surface area contributed by atoms with Crippen LogP contribution < -0.4 is 25.9 Å². The van der Waals surface area contributed by atoms with Crippen LogP contribution in [0.3, 0.4) is 0 Å². The van der Waals surface area contributed by atoms with Crippen LogP contribution in [0.25, 0.3) is 11.4 Å². The van der Waals surface area contributed by atoms with Crippen molar-refractivity contribution in [3.63, 3.8) is 0 Å². The molecule has 0 aliphatic heterocycles. The minimum absolute atomic E-state index is 0.144. The van der Waals surface area contributed by atoms with E-state index < -0.39 is 18.3 Å². The number of aromatic nitrogens is 2. The van der Waals surface area contributed by atoms with E-state index in [2.05, 4.69) is 25.3 Å². The number of rotatable bonds is 12. The van der Waals surface area contributed by atoms with Crippen LogP contribution in [0.1, 0.15) is 40.9 Å². The van der Waals surface area contributed by atoms with Gasteiger partial charge in [-0.15, -0.1) is 0 Å². The van der Waals surface area contributed by atoms with Crippen LogP contribution in [0, 0.1) is 6.92 Å². The Morgan fingerprint density at radius 1 is 1.10 bits per heavy atom. The third kappa shape index (κ3) is 7.51. The number of ether oxygens (including phenoxy) is 2. The van der Waals surface area contributed by atoms with Crippen molar-refractivity contribution in [2.75, 3.05) is 17.2 Å². The number of aliphatic hydroxyl groups is 1. The Labute approximate surface area is 234 Å². The highest BCUT2D eigenvalue weighted by Gasteiger charge is 2.18. The van der Waals surface area contributed by atoms with Gasteiger partial charge in [0.15, 0.2) is 23.9 Å². The Kier molecular flexibility index (Phi) is 9.05. The van der Waals surface area contributed by atoms with Gasteiger partial charge in [0.1, 0.15) is 0 Å². The molecule has 0 unspecified atom stereocenters. The summed E-state index contributed by atoms with van der Waals surface area (Å²) in [7, 11) is 0. The van der Waals surface area contributed by atoms with E-state index in [-0.39, 0.29) is 36.7 Å². The molecule has 0 atom stereocenters. The molecule has 12 nitrogen and oxygen atoms in total. The second-order valence-corrected chi connectivity index (χ2v) is 9.47. The second kappa shape index (κ2) is 12.8. The van der Waals surface area contributed by atoms with Crippen LogP contribution in [-0.4, -0.2) is 44.9 Å². The molecule has 1 heterocycles. The fourth-order valence-electron chi connectivity index (χ4n) is 4.04. The quantitative estimate of drug-likeness (QED) is 0.170. The Hall–Kier alpha value is -5.10. The summed E-state index contributed by atoms with van der Waals surface area (Å²) in [6, 6.07) is 15.4. The highest BCUT2D eigenvalue weighted by Crippen LogP contribution is 2.35. The van der Waals surface area contributed by atoms with Crippen molar-refractivity contribution >= 4 is 23.3 Å². The number of hydrogen-bond donors (Lipinski definition) is 5. The molecule has 4 aromatic rings. The number of aliphatic hydroxyl groups excluding tert-OH is 1. The van der Waals surface area contributed by atoms with Crippen LogP contribution in [0.2, 0.25) is 0 Å². The van der Waals surface area contributed by atoms with E-state index in [9.17, 15) is 24.6 Å². The normalized spacial score (nSPS) is 10.9. The van der Waals surface area contributed by atoms with E-state index in [0.29, 0.717) is 39.4 Å². The number of H-pyrrole nitrogens is 1. The number of carboxylic acids is 1. The largest absolute Gasteiger partial charge is 0.487 e. The van der Waals surface area contributed by atoms with Gasteiger partial charge in [-0.2, -0.15) is 0 Å². The SMILES string of the molecule is Cc1ccc(NCc2cc(CO)cc(OC(C)C)c2OCC(=O)O)c(C(=O)Nc2ccc(-c3noc(=O)[nH]3)cc2)c1. The predicted molar refractivity (Wildman–Crippen MR) is 150 cm³/mol. The zero-order valence-corrected chi connectivity index (χ0v) is 22.7. The van der Waals surface area contributed by atoms with Crippen LogP contribution in [0.5, 0.6) is 11.5 Å². The summed E-state index contributed by atoms with van der Waals surface area (Å²) >= 11 is 0. The van der Waals surface area contributed by atoms with Crippen LogP contribution >= 0.6 is 0 Å². The fraction of sp³-hybridized carbons (Fsp3) is 0.241. The molecular formula is C29H30N4O8. The van der Waals surface area contributed by atoms with Crippen molar-refractivity contribution < 1.29 is 33.8 Å². The lowest BCUT2D eigenvalue weighted by Gasteiger charge is -2.20. The summed E-state index contributed by atoms with van der Waals surface area (Å²) in [5.41, 5.74) is 3.99. The molecule has 1 amide bonds. The summed E-state index contributed by atoms with van der Waals surface area (Å²) in [5.74, 6) is -1.36. The molecule has 41 heavy (non-hydrogen) atoms. The Balaban J connectivity index is 1.57. The highest BCUT2D eigenvalue weighted by molar-refractivity contribution is 6.08. The van der Waals surface area contributed by atoms with Gasteiger partial charge in [-0.1, -0.05) is 16.8 Å². The number of carboxylic acid groups (broad SMARTS) is 1. The van der Waals surface area contributed by atoms with Gasteiger partial charge in [-0.3, -0.25) is 14.3 Å². The van der Waals surface area contributed by atoms with E-state index in [1.165, 1.54) is 0 Å². The van der Waals surface area contributed by atoms with E-state index in [4.69, 9.17) is 9.47 Å². The van der Waals surface area contributed by atoms with Crippen LogP contribution in [0.15, 0.2) is 63.9 Å². The summed E-state index contributed by atoms with van der Waals surface area (Å²) in [5, 5.41) is 28.7. The number of amides is 1.